The summed E-state index contributed by atoms with van der Waals surface area (Å²) < 4.78 is 0. The Balaban J connectivity index is 1.37. The van der Waals surface area contributed by atoms with E-state index in [1.807, 2.05) is 54.6 Å². The number of nitrogens with one attached hydrogen (secondary N) is 2. The maximum atomic E-state index is 12.6. The molecular weight excluding hydrogens is 444 g/mol. The molecule has 3 aromatic heterocycles. The van der Waals surface area contributed by atoms with Gasteiger partial charge >= 0.3 is 0 Å². The lowest BCUT2D eigenvalue weighted by molar-refractivity contribution is 0.0950. The van der Waals surface area contributed by atoms with Crippen LogP contribution in [-0.2, 0) is 6.42 Å². The van der Waals surface area contributed by atoms with Crippen molar-refractivity contribution in [3.05, 3.63) is 113 Å². The summed E-state index contributed by atoms with van der Waals surface area (Å²) in [7, 11) is 1.58. The molecule has 0 atom stereocenters. The Kier molecular flexibility index (Phi) is 7.25. The molecule has 6 nitrogen and oxygen atoms in total. The fourth-order valence-corrected chi connectivity index (χ4v) is 4.36. The number of pyridine rings is 2. The van der Waals surface area contributed by atoms with Gasteiger partial charge in [0.25, 0.3) is 11.8 Å². The van der Waals surface area contributed by atoms with Crippen LogP contribution in [0.3, 0.4) is 0 Å². The van der Waals surface area contributed by atoms with Crippen molar-refractivity contribution in [3.63, 3.8) is 0 Å². The van der Waals surface area contributed by atoms with Gasteiger partial charge in [-0.05, 0) is 65.1 Å². The molecule has 34 heavy (non-hydrogen) atoms. The summed E-state index contributed by atoms with van der Waals surface area (Å²) in [5.74, 6) is -0.330. The van der Waals surface area contributed by atoms with E-state index in [1.54, 1.807) is 25.5 Å². The van der Waals surface area contributed by atoms with Crippen LogP contribution in [-0.4, -0.2) is 35.4 Å². The van der Waals surface area contributed by atoms with Crippen LogP contribution in [0.25, 0.3) is 16.1 Å². The highest BCUT2D eigenvalue weighted by Gasteiger charge is 2.12. The number of carbonyl (C=O) groups excluding carboxylic acids is 2. The first-order valence-electron chi connectivity index (χ1n) is 10.8. The van der Waals surface area contributed by atoms with E-state index >= 15 is 0 Å². The lowest BCUT2D eigenvalue weighted by Crippen LogP contribution is -2.24. The third-order valence-electron chi connectivity index (χ3n) is 5.29. The van der Waals surface area contributed by atoms with E-state index in [1.165, 1.54) is 11.3 Å². The Morgan fingerprint density at radius 1 is 0.912 bits per heavy atom. The van der Waals surface area contributed by atoms with E-state index in [0.717, 1.165) is 32.8 Å². The monoisotopic (exact) mass is 468 g/mol. The zero-order valence-electron chi connectivity index (χ0n) is 18.7. The van der Waals surface area contributed by atoms with E-state index in [2.05, 4.69) is 33.2 Å². The highest BCUT2D eigenvalue weighted by atomic mass is 32.1. The van der Waals surface area contributed by atoms with Crippen molar-refractivity contribution in [2.75, 3.05) is 13.6 Å². The first-order valence-corrected chi connectivity index (χ1v) is 11.6. The second kappa shape index (κ2) is 10.7. The van der Waals surface area contributed by atoms with Crippen LogP contribution in [0.4, 0.5) is 0 Å². The summed E-state index contributed by atoms with van der Waals surface area (Å²) in [6, 6.07) is 21.1. The molecule has 0 saturated carbocycles. The fourth-order valence-electron chi connectivity index (χ4n) is 3.47. The summed E-state index contributed by atoms with van der Waals surface area (Å²) in [4.78, 5) is 34.5. The molecule has 0 unspecified atom stereocenters. The normalized spacial score (nSPS) is 10.5. The van der Waals surface area contributed by atoms with Crippen LogP contribution in [0.5, 0.6) is 0 Å². The number of benzene rings is 1. The minimum atomic E-state index is -0.239. The number of hydrogen-bond acceptors (Lipinski definition) is 5. The average molecular weight is 469 g/mol. The van der Waals surface area contributed by atoms with Crippen molar-refractivity contribution in [2.24, 2.45) is 0 Å². The Labute approximate surface area is 202 Å². The van der Waals surface area contributed by atoms with Crippen LogP contribution in [0.15, 0.2) is 85.7 Å². The molecule has 0 bridgehead atoms. The topological polar surface area (TPSA) is 84.0 Å². The van der Waals surface area contributed by atoms with Gasteiger partial charge < -0.3 is 10.6 Å². The van der Waals surface area contributed by atoms with Gasteiger partial charge in [-0.15, -0.1) is 11.3 Å². The third kappa shape index (κ3) is 5.44. The predicted molar refractivity (Wildman–Crippen MR) is 136 cm³/mol. The highest BCUT2D eigenvalue weighted by Crippen LogP contribution is 2.26. The molecule has 1 aromatic carbocycles. The van der Waals surface area contributed by atoms with Gasteiger partial charge in [0.2, 0.25) is 0 Å². The zero-order chi connectivity index (χ0) is 23.9. The van der Waals surface area contributed by atoms with Crippen LogP contribution < -0.4 is 10.6 Å². The molecule has 0 fully saturated rings. The largest absolute Gasteiger partial charge is 0.354 e. The number of rotatable bonds is 8. The Bertz CT molecular complexity index is 1330. The molecule has 4 rings (SSSR count). The van der Waals surface area contributed by atoms with E-state index in [-0.39, 0.29) is 11.8 Å². The smallest absolute Gasteiger partial charge is 0.269 e. The molecule has 7 heteroatoms. The van der Waals surface area contributed by atoms with Crippen LogP contribution >= 0.6 is 11.3 Å². The lowest BCUT2D eigenvalue weighted by Gasteiger charge is -2.10. The van der Waals surface area contributed by atoms with Crippen molar-refractivity contribution in [1.29, 1.82) is 0 Å². The first kappa shape index (κ1) is 23.1. The number of aromatic nitrogens is 2. The zero-order valence-corrected chi connectivity index (χ0v) is 19.6. The molecule has 4 aromatic rings. The maximum Gasteiger partial charge on any atom is 0.269 e. The molecule has 170 valence electrons. The van der Waals surface area contributed by atoms with Gasteiger partial charge in [0.1, 0.15) is 5.69 Å². The number of thiophene rings is 1. The second-order valence-corrected chi connectivity index (χ2v) is 8.66. The standard InChI is InChI=1S/C27H24N4O2S/c1-18(21-12-15-30-23(17-21)26(32)28-2)20-7-5-6-19(16-20)11-14-31-27(33)25-10-9-24(34-25)22-8-3-4-13-29-22/h3-10,12-13,15-17H,1,11,14H2,2H3,(H,28,32)(H,31,33). The first-order chi connectivity index (χ1) is 16.5. The van der Waals surface area contributed by atoms with E-state index < -0.39 is 0 Å². The van der Waals surface area contributed by atoms with Crippen molar-refractivity contribution in [3.8, 4) is 10.6 Å². The van der Waals surface area contributed by atoms with Gasteiger partial charge in [0.15, 0.2) is 0 Å². The average Bonchev–Trinajstić information content (AvgIpc) is 3.39. The minimum Gasteiger partial charge on any atom is -0.354 e. The third-order valence-corrected chi connectivity index (χ3v) is 6.40. The second-order valence-electron chi connectivity index (χ2n) is 7.57. The lowest BCUT2D eigenvalue weighted by atomic mass is 9.97. The van der Waals surface area contributed by atoms with Gasteiger partial charge in [-0.25, -0.2) is 0 Å². The Morgan fingerprint density at radius 2 is 1.76 bits per heavy atom. The molecule has 3 heterocycles. The van der Waals surface area contributed by atoms with Crippen molar-refractivity contribution in [2.45, 2.75) is 6.42 Å². The molecule has 0 aliphatic carbocycles. The maximum absolute atomic E-state index is 12.6. The van der Waals surface area contributed by atoms with Crippen LogP contribution in [0.2, 0.25) is 0 Å². The highest BCUT2D eigenvalue weighted by molar-refractivity contribution is 7.17. The Morgan fingerprint density at radius 3 is 2.56 bits per heavy atom. The SMILES string of the molecule is C=C(c1cccc(CCNC(=O)c2ccc(-c3ccccn3)s2)c1)c1ccnc(C(=O)NC)c1. The van der Waals surface area contributed by atoms with Gasteiger partial charge in [0, 0.05) is 26.0 Å². The summed E-state index contributed by atoms with van der Waals surface area (Å²) in [6.45, 7) is 4.72. The van der Waals surface area contributed by atoms with E-state index in [4.69, 9.17) is 0 Å². The molecule has 2 N–H and O–H groups in total. The van der Waals surface area contributed by atoms with Gasteiger partial charge in [-0.3, -0.25) is 19.6 Å². The number of nitrogens with zero attached hydrogens (tertiary/aromatic N) is 2. The van der Waals surface area contributed by atoms with Gasteiger partial charge in [-0.2, -0.15) is 0 Å². The quantitative estimate of drug-likeness (QED) is 0.396. The molecule has 0 radical (unpaired) electrons. The van der Waals surface area contributed by atoms with E-state index in [0.29, 0.717) is 23.5 Å². The fraction of sp³-hybridized carbons (Fsp3) is 0.111. The molecule has 0 aliphatic heterocycles. The number of carbonyl (C=O) groups is 2. The van der Waals surface area contributed by atoms with Crippen molar-refractivity contribution in [1.82, 2.24) is 20.6 Å². The minimum absolute atomic E-state index is 0.0914. The van der Waals surface area contributed by atoms with Gasteiger partial charge in [0.05, 0.1) is 15.4 Å². The Hall–Kier alpha value is -4.10. The van der Waals surface area contributed by atoms with Crippen molar-refractivity contribution >= 4 is 28.7 Å². The van der Waals surface area contributed by atoms with Gasteiger partial charge in [-0.1, -0.05) is 36.9 Å². The van der Waals surface area contributed by atoms with Crippen LogP contribution in [0.1, 0.15) is 36.9 Å². The summed E-state index contributed by atoms with van der Waals surface area (Å²) in [5, 5.41) is 5.58. The molecule has 2 amide bonds. The van der Waals surface area contributed by atoms with E-state index in [9.17, 15) is 9.59 Å². The number of hydrogen-bond donors (Lipinski definition) is 2. The van der Waals surface area contributed by atoms with Crippen LogP contribution in [0, 0.1) is 0 Å². The molecule has 0 aliphatic rings. The molecule has 0 saturated heterocycles. The summed E-state index contributed by atoms with van der Waals surface area (Å²) in [5.41, 5.74) is 4.88. The predicted octanol–water partition coefficient (Wildman–Crippen LogP) is 4.60. The number of amides is 2. The van der Waals surface area contributed by atoms with Crippen molar-refractivity contribution < 1.29 is 9.59 Å². The summed E-state index contributed by atoms with van der Waals surface area (Å²) >= 11 is 1.43. The molecule has 0 spiro atoms. The summed E-state index contributed by atoms with van der Waals surface area (Å²) in [6.07, 6.45) is 4.03. The molecular formula is C27H24N4O2S.